The first kappa shape index (κ1) is 12.5. The van der Waals surface area contributed by atoms with Crippen LogP contribution in [0.3, 0.4) is 0 Å². The monoisotopic (exact) mass is 321 g/mol. The molecule has 0 radical (unpaired) electrons. The number of thiazole rings is 2. The Hall–Kier alpha value is -2.19. The number of anilines is 2. The summed E-state index contributed by atoms with van der Waals surface area (Å²) in [4.78, 5) is 29.2. The minimum Gasteiger partial charge on any atom is -0.331 e. The van der Waals surface area contributed by atoms with E-state index in [-0.39, 0.29) is 21.5 Å². The van der Waals surface area contributed by atoms with Crippen LogP contribution in [0.5, 0.6) is 0 Å². The van der Waals surface area contributed by atoms with Gasteiger partial charge in [0.25, 0.3) is 0 Å². The molecule has 0 spiro atoms. The van der Waals surface area contributed by atoms with Crippen molar-refractivity contribution in [1.82, 2.24) is 9.97 Å². The molecular formula is C13H8FN3O2S2. The highest BCUT2D eigenvalue weighted by Gasteiger charge is 2.32. The molecule has 0 fully saturated rings. The van der Waals surface area contributed by atoms with E-state index in [1.165, 1.54) is 12.1 Å². The van der Waals surface area contributed by atoms with Crippen molar-refractivity contribution in [1.29, 1.82) is 0 Å². The summed E-state index contributed by atoms with van der Waals surface area (Å²) in [7, 11) is 0. The third-order valence-electron chi connectivity index (χ3n) is 3.34. The summed E-state index contributed by atoms with van der Waals surface area (Å²) >= 11 is 2.14. The molecule has 5 nitrogen and oxygen atoms in total. The van der Waals surface area contributed by atoms with E-state index in [2.05, 4.69) is 15.3 Å². The van der Waals surface area contributed by atoms with Gasteiger partial charge in [0.2, 0.25) is 0 Å². The summed E-state index contributed by atoms with van der Waals surface area (Å²) in [5.74, 6) is -0.00368. The van der Waals surface area contributed by atoms with Crippen molar-refractivity contribution in [2.24, 2.45) is 0 Å². The molecule has 1 aromatic carbocycles. The first-order valence-corrected chi connectivity index (χ1v) is 7.73. The highest BCUT2D eigenvalue weighted by Crippen LogP contribution is 2.45. The molecule has 1 unspecified atom stereocenters. The molecular weight excluding hydrogens is 313 g/mol. The van der Waals surface area contributed by atoms with Crippen molar-refractivity contribution < 1.29 is 4.39 Å². The SMILES string of the molecule is O=c1[nH]c2c(s1)Nc1[nH]c(=O)sc1C2c1ccc(F)cc1. The average Bonchev–Trinajstić information content (AvgIpc) is 2.97. The van der Waals surface area contributed by atoms with E-state index in [9.17, 15) is 14.0 Å². The van der Waals surface area contributed by atoms with E-state index in [0.29, 0.717) is 16.5 Å². The van der Waals surface area contributed by atoms with E-state index in [1.807, 2.05) is 0 Å². The van der Waals surface area contributed by atoms with Crippen LogP contribution in [0.4, 0.5) is 15.2 Å². The van der Waals surface area contributed by atoms with Gasteiger partial charge in [-0.1, -0.05) is 34.8 Å². The molecule has 3 aromatic rings. The fourth-order valence-electron chi connectivity index (χ4n) is 2.49. The van der Waals surface area contributed by atoms with Gasteiger partial charge in [-0.05, 0) is 17.7 Å². The van der Waals surface area contributed by atoms with E-state index in [4.69, 9.17) is 0 Å². The number of fused-ring (bicyclic) bond motifs is 2. The van der Waals surface area contributed by atoms with Gasteiger partial charge in [-0.3, -0.25) is 14.6 Å². The second-order valence-corrected chi connectivity index (χ2v) is 6.62. The van der Waals surface area contributed by atoms with Crippen LogP contribution in [0.2, 0.25) is 0 Å². The van der Waals surface area contributed by atoms with Crippen LogP contribution in [0.25, 0.3) is 0 Å². The fraction of sp³-hybridized carbons (Fsp3) is 0.0769. The molecule has 2 aromatic heterocycles. The van der Waals surface area contributed by atoms with Crippen LogP contribution < -0.4 is 15.1 Å². The maximum Gasteiger partial charge on any atom is 0.306 e. The van der Waals surface area contributed by atoms with Gasteiger partial charge in [-0.15, -0.1) is 0 Å². The minimum atomic E-state index is -0.325. The van der Waals surface area contributed by atoms with E-state index < -0.39 is 0 Å². The van der Waals surface area contributed by atoms with Crippen molar-refractivity contribution in [3.8, 4) is 0 Å². The zero-order valence-electron chi connectivity index (χ0n) is 10.4. The topological polar surface area (TPSA) is 77.8 Å². The molecule has 8 heteroatoms. The molecule has 1 atom stereocenters. The van der Waals surface area contributed by atoms with Crippen molar-refractivity contribution in [3.05, 3.63) is 65.6 Å². The van der Waals surface area contributed by atoms with Crippen LogP contribution in [-0.2, 0) is 0 Å². The summed E-state index contributed by atoms with van der Waals surface area (Å²) < 4.78 is 13.1. The number of aromatic amines is 2. The van der Waals surface area contributed by atoms with Crippen LogP contribution >= 0.6 is 22.7 Å². The largest absolute Gasteiger partial charge is 0.331 e. The zero-order valence-corrected chi connectivity index (χ0v) is 12.0. The summed E-state index contributed by atoms with van der Waals surface area (Å²) in [6.45, 7) is 0. The molecule has 0 saturated heterocycles. The summed E-state index contributed by atoms with van der Waals surface area (Å²) in [6.07, 6.45) is 0. The number of halogens is 1. The summed E-state index contributed by atoms with van der Waals surface area (Å²) in [6, 6.07) is 6.07. The van der Waals surface area contributed by atoms with Gasteiger partial charge >= 0.3 is 9.75 Å². The Bertz CT molecular complexity index is 881. The lowest BCUT2D eigenvalue weighted by atomic mass is 9.92. The molecule has 4 rings (SSSR count). The molecule has 0 aliphatic carbocycles. The Morgan fingerprint density at radius 2 is 1.71 bits per heavy atom. The van der Waals surface area contributed by atoms with Crippen molar-refractivity contribution >= 4 is 33.5 Å². The lowest BCUT2D eigenvalue weighted by molar-refractivity contribution is 0.626. The number of hydrogen-bond donors (Lipinski definition) is 3. The number of H-pyrrole nitrogens is 2. The normalized spacial score (nSPS) is 16.1. The first-order valence-electron chi connectivity index (χ1n) is 6.10. The molecule has 1 aliphatic rings. The van der Waals surface area contributed by atoms with Crippen molar-refractivity contribution in [3.63, 3.8) is 0 Å². The molecule has 0 bridgehead atoms. The quantitative estimate of drug-likeness (QED) is 0.504. The average molecular weight is 321 g/mol. The first-order chi connectivity index (χ1) is 10.1. The zero-order chi connectivity index (χ0) is 14.6. The number of nitrogens with one attached hydrogen (secondary N) is 3. The van der Waals surface area contributed by atoms with Gasteiger partial charge in [0.1, 0.15) is 16.6 Å². The third-order valence-corrected chi connectivity index (χ3v) is 5.11. The second-order valence-electron chi connectivity index (χ2n) is 4.62. The van der Waals surface area contributed by atoms with Gasteiger partial charge in [-0.2, -0.15) is 0 Å². The maximum absolute atomic E-state index is 13.1. The lowest BCUT2D eigenvalue weighted by Crippen LogP contribution is -2.12. The Morgan fingerprint density at radius 1 is 1.00 bits per heavy atom. The van der Waals surface area contributed by atoms with Gasteiger partial charge in [0.05, 0.1) is 16.5 Å². The Balaban J connectivity index is 1.98. The molecule has 106 valence electrons. The third kappa shape index (κ3) is 1.95. The molecule has 3 N–H and O–H groups in total. The molecule has 1 aliphatic heterocycles. The maximum atomic E-state index is 13.1. The smallest absolute Gasteiger partial charge is 0.306 e. The predicted molar refractivity (Wildman–Crippen MR) is 80.5 cm³/mol. The number of hydrogen-bond acceptors (Lipinski definition) is 5. The van der Waals surface area contributed by atoms with Gasteiger partial charge in [0, 0.05) is 0 Å². The second kappa shape index (κ2) is 4.40. The van der Waals surface area contributed by atoms with E-state index in [1.54, 1.807) is 12.1 Å². The highest BCUT2D eigenvalue weighted by molar-refractivity contribution is 7.14. The molecule has 3 heterocycles. The minimum absolute atomic E-state index is 0.169. The summed E-state index contributed by atoms with van der Waals surface area (Å²) in [5.41, 5.74) is 1.53. The van der Waals surface area contributed by atoms with E-state index >= 15 is 0 Å². The lowest BCUT2D eigenvalue weighted by Gasteiger charge is -2.22. The Labute approximate surface area is 125 Å². The van der Waals surface area contributed by atoms with Gasteiger partial charge < -0.3 is 10.3 Å². The number of rotatable bonds is 1. The van der Waals surface area contributed by atoms with Crippen molar-refractivity contribution in [2.75, 3.05) is 5.32 Å². The summed E-state index contributed by atoms with van der Waals surface area (Å²) in [5, 5.41) is 3.74. The predicted octanol–water partition coefficient (Wildman–Crippen LogP) is 2.56. The standard InChI is InChI=1S/C13H8FN3O2S2/c14-6-3-1-5(2-4-6)7-8-11(21-12(18)15-8)16-10-9(7)20-13(19)17-10/h1-4,7,16H,(H,15,18)(H,17,19). The number of benzene rings is 1. The molecule has 0 saturated carbocycles. The van der Waals surface area contributed by atoms with Gasteiger partial charge in [0.15, 0.2) is 0 Å². The fourth-order valence-corrected chi connectivity index (χ4v) is 4.20. The van der Waals surface area contributed by atoms with Gasteiger partial charge in [-0.25, -0.2) is 4.39 Å². The highest BCUT2D eigenvalue weighted by atomic mass is 32.1. The van der Waals surface area contributed by atoms with E-state index in [0.717, 1.165) is 33.1 Å². The molecule has 0 amide bonds. The van der Waals surface area contributed by atoms with Crippen LogP contribution in [0, 0.1) is 5.82 Å². The van der Waals surface area contributed by atoms with Crippen molar-refractivity contribution in [2.45, 2.75) is 5.92 Å². The van der Waals surface area contributed by atoms with Crippen LogP contribution in [0.1, 0.15) is 22.1 Å². The van der Waals surface area contributed by atoms with Crippen LogP contribution in [0.15, 0.2) is 33.9 Å². The number of aromatic nitrogens is 2. The Morgan fingerprint density at radius 3 is 2.48 bits per heavy atom. The molecule has 21 heavy (non-hydrogen) atoms. The Kier molecular flexibility index (Phi) is 2.63. The van der Waals surface area contributed by atoms with Crippen LogP contribution in [-0.4, -0.2) is 9.97 Å².